The third-order valence-corrected chi connectivity index (χ3v) is 4.23. The van der Waals surface area contributed by atoms with Crippen molar-refractivity contribution in [2.45, 2.75) is 19.3 Å². The highest BCUT2D eigenvalue weighted by atomic mass is 16.5. The highest BCUT2D eigenvalue weighted by Crippen LogP contribution is 2.44. The lowest BCUT2D eigenvalue weighted by Gasteiger charge is -2.20. The molecule has 1 aliphatic heterocycles. The van der Waals surface area contributed by atoms with Crippen molar-refractivity contribution >= 4 is 11.8 Å². The molecule has 0 bridgehead atoms. The van der Waals surface area contributed by atoms with Crippen LogP contribution >= 0.6 is 0 Å². The van der Waals surface area contributed by atoms with Crippen molar-refractivity contribution < 1.29 is 14.8 Å². The molecule has 3 rings (SSSR count). The first-order chi connectivity index (χ1) is 9.03. The number of hydrogen-bond donors (Lipinski definition) is 2. The van der Waals surface area contributed by atoms with E-state index in [9.17, 15) is 9.59 Å². The molecule has 0 saturated carbocycles. The number of nitrogens with one attached hydrogen (secondary N) is 1. The summed E-state index contributed by atoms with van der Waals surface area (Å²) >= 11 is 0. The van der Waals surface area contributed by atoms with E-state index >= 15 is 0 Å². The number of amides is 2. The largest absolute Gasteiger partial charge is 0.345 e. The van der Waals surface area contributed by atoms with Gasteiger partial charge >= 0.3 is 0 Å². The lowest BCUT2D eigenvalue weighted by atomic mass is 9.84. The van der Waals surface area contributed by atoms with Gasteiger partial charge in [-0.05, 0) is 36.1 Å². The van der Waals surface area contributed by atoms with E-state index in [1.165, 1.54) is 5.56 Å². The van der Waals surface area contributed by atoms with E-state index in [-0.39, 0.29) is 11.3 Å². The van der Waals surface area contributed by atoms with E-state index in [1.54, 1.807) is 16.4 Å². The van der Waals surface area contributed by atoms with Gasteiger partial charge < -0.3 is 4.90 Å². The van der Waals surface area contributed by atoms with E-state index in [0.29, 0.717) is 12.0 Å². The summed E-state index contributed by atoms with van der Waals surface area (Å²) in [5, 5.41) is 8.66. The molecule has 0 radical (unpaired) electrons. The minimum absolute atomic E-state index is 0.00246. The van der Waals surface area contributed by atoms with Crippen molar-refractivity contribution in [2.24, 2.45) is 5.41 Å². The maximum atomic E-state index is 11.7. The zero-order valence-corrected chi connectivity index (χ0v) is 10.8. The lowest BCUT2D eigenvalue weighted by Crippen LogP contribution is -2.25. The van der Waals surface area contributed by atoms with Crippen LogP contribution in [0.3, 0.4) is 0 Å². The first kappa shape index (κ1) is 12.2. The highest BCUT2D eigenvalue weighted by molar-refractivity contribution is 5.93. The van der Waals surface area contributed by atoms with Crippen molar-refractivity contribution in [1.29, 1.82) is 0 Å². The van der Waals surface area contributed by atoms with Gasteiger partial charge in [0.25, 0.3) is 5.91 Å². The molecule has 2 amide bonds. The first-order valence-corrected chi connectivity index (χ1v) is 6.33. The maximum Gasteiger partial charge on any atom is 0.274 e. The minimum Gasteiger partial charge on any atom is -0.345 e. The molecule has 19 heavy (non-hydrogen) atoms. The van der Waals surface area contributed by atoms with Gasteiger partial charge in [-0.25, -0.2) is 5.48 Å². The second kappa shape index (κ2) is 4.06. The fourth-order valence-electron chi connectivity index (χ4n) is 3.38. The van der Waals surface area contributed by atoms with Gasteiger partial charge in [0, 0.05) is 31.0 Å². The van der Waals surface area contributed by atoms with Crippen LogP contribution < -0.4 is 5.48 Å². The molecule has 1 atom stereocenters. The predicted molar refractivity (Wildman–Crippen MR) is 67.8 cm³/mol. The molecule has 1 fully saturated rings. The molecule has 1 aromatic carbocycles. The molecule has 5 heteroatoms. The Hall–Kier alpha value is -1.88. The summed E-state index contributed by atoms with van der Waals surface area (Å²) in [6.07, 6.45) is 2.30. The van der Waals surface area contributed by atoms with Crippen LogP contribution in [0, 0.1) is 5.41 Å². The fraction of sp³-hybridized carbons (Fsp3) is 0.429. The summed E-state index contributed by atoms with van der Waals surface area (Å²) in [7, 11) is 1.84. The van der Waals surface area contributed by atoms with Crippen LogP contribution in [0.25, 0.3) is 0 Å². The number of nitrogens with zero attached hydrogens (tertiary/aromatic N) is 1. The smallest absolute Gasteiger partial charge is 0.274 e. The van der Waals surface area contributed by atoms with Gasteiger partial charge in [-0.2, -0.15) is 0 Å². The third kappa shape index (κ3) is 1.90. The van der Waals surface area contributed by atoms with Crippen LogP contribution in [0.4, 0.5) is 0 Å². The van der Waals surface area contributed by atoms with Gasteiger partial charge in [-0.1, -0.05) is 6.07 Å². The molecule has 1 heterocycles. The average Bonchev–Trinajstić information content (AvgIpc) is 2.86. The Bertz CT molecular complexity index is 570. The zero-order valence-electron chi connectivity index (χ0n) is 10.8. The first-order valence-electron chi connectivity index (χ1n) is 6.33. The maximum absolute atomic E-state index is 11.7. The summed E-state index contributed by atoms with van der Waals surface area (Å²) in [5.41, 5.74) is 4.42. The molecule has 5 nitrogen and oxygen atoms in total. The van der Waals surface area contributed by atoms with E-state index < -0.39 is 5.91 Å². The predicted octanol–water partition coefficient (Wildman–Crippen LogP) is 0.753. The quantitative estimate of drug-likeness (QED) is 0.578. The highest BCUT2D eigenvalue weighted by Gasteiger charge is 2.45. The molecular formula is C14H16N2O3. The molecule has 100 valence electrons. The average molecular weight is 260 g/mol. The van der Waals surface area contributed by atoms with Crippen molar-refractivity contribution in [3.63, 3.8) is 0 Å². The Balaban J connectivity index is 1.89. The Morgan fingerprint density at radius 1 is 1.32 bits per heavy atom. The van der Waals surface area contributed by atoms with Gasteiger partial charge in [0.1, 0.15) is 0 Å². The Morgan fingerprint density at radius 3 is 2.68 bits per heavy atom. The normalized spacial score (nSPS) is 24.9. The summed E-state index contributed by atoms with van der Waals surface area (Å²) in [4.78, 5) is 24.9. The topological polar surface area (TPSA) is 69.6 Å². The van der Waals surface area contributed by atoms with Crippen LogP contribution in [0.2, 0.25) is 0 Å². The van der Waals surface area contributed by atoms with Gasteiger partial charge in [-0.15, -0.1) is 0 Å². The lowest BCUT2D eigenvalue weighted by molar-refractivity contribution is -0.126. The van der Waals surface area contributed by atoms with E-state index in [1.807, 2.05) is 19.2 Å². The second-order valence-electron chi connectivity index (χ2n) is 5.70. The van der Waals surface area contributed by atoms with Crippen molar-refractivity contribution in [1.82, 2.24) is 10.4 Å². The molecule has 0 aromatic heterocycles. The number of carbonyl (C=O) groups is 2. The van der Waals surface area contributed by atoms with Crippen LogP contribution in [0.15, 0.2) is 18.2 Å². The number of hydroxylamine groups is 1. The molecule has 2 aliphatic rings. The van der Waals surface area contributed by atoms with Gasteiger partial charge in [0.2, 0.25) is 5.91 Å². The Labute approximate surface area is 111 Å². The van der Waals surface area contributed by atoms with Crippen molar-refractivity contribution in [3.8, 4) is 0 Å². The van der Waals surface area contributed by atoms with E-state index in [2.05, 4.69) is 0 Å². The number of hydrogen-bond acceptors (Lipinski definition) is 3. The number of rotatable bonds is 1. The van der Waals surface area contributed by atoms with Crippen LogP contribution in [0.5, 0.6) is 0 Å². The monoisotopic (exact) mass is 260 g/mol. The summed E-state index contributed by atoms with van der Waals surface area (Å²) in [5.74, 6) is -0.301. The fourth-order valence-corrected chi connectivity index (χ4v) is 3.38. The molecule has 1 aliphatic carbocycles. The molecular weight excluding hydrogens is 244 g/mol. The van der Waals surface area contributed by atoms with Crippen LogP contribution in [-0.2, 0) is 17.6 Å². The van der Waals surface area contributed by atoms with Gasteiger partial charge in [-0.3, -0.25) is 14.8 Å². The number of carbonyl (C=O) groups excluding carboxylic acids is 2. The molecule has 1 saturated heterocycles. The van der Waals surface area contributed by atoms with Crippen LogP contribution in [0.1, 0.15) is 27.9 Å². The third-order valence-electron chi connectivity index (χ3n) is 4.23. The summed E-state index contributed by atoms with van der Waals surface area (Å²) in [6, 6.07) is 5.46. The second-order valence-corrected chi connectivity index (χ2v) is 5.70. The van der Waals surface area contributed by atoms with Crippen molar-refractivity contribution in [3.05, 3.63) is 34.9 Å². The number of likely N-dealkylation sites (tertiary alicyclic amines) is 1. The van der Waals surface area contributed by atoms with Gasteiger partial charge in [0.05, 0.1) is 0 Å². The molecule has 1 spiro atoms. The standard InChI is InChI=1S/C14H16N2O3/c1-16-8-14(7-12(16)17)5-10-3-2-9(13(18)15-19)4-11(10)6-14/h2-4,19H,5-8H2,1H3,(H,15,18). The SMILES string of the molecule is CN1CC2(CC1=O)Cc1ccc(C(=O)NO)cc1C2. The number of benzene rings is 1. The van der Waals surface area contributed by atoms with Crippen LogP contribution in [-0.4, -0.2) is 35.5 Å². The molecule has 1 unspecified atom stereocenters. The summed E-state index contributed by atoms with van der Waals surface area (Å²) in [6.45, 7) is 0.780. The Morgan fingerprint density at radius 2 is 2.05 bits per heavy atom. The molecule has 2 N–H and O–H groups in total. The van der Waals surface area contributed by atoms with E-state index in [0.717, 1.165) is 24.9 Å². The zero-order chi connectivity index (χ0) is 13.6. The van der Waals surface area contributed by atoms with E-state index in [4.69, 9.17) is 5.21 Å². The number of fused-ring (bicyclic) bond motifs is 1. The Kier molecular flexibility index (Phi) is 2.60. The summed E-state index contributed by atoms with van der Waals surface area (Å²) < 4.78 is 0. The molecule has 1 aromatic rings. The minimum atomic E-state index is -0.497. The van der Waals surface area contributed by atoms with Gasteiger partial charge in [0.15, 0.2) is 0 Å². The van der Waals surface area contributed by atoms with Crippen molar-refractivity contribution in [2.75, 3.05) is 13.6 Å².